The molecule has 4 heteroatoms. The summed E-state index contributed by atoms with van der Waals surface area (Å²) in [5.41, 5.74) is 3.40. The molecule has 0 amide bonds. The molecule has 1 aliphatic heterocycles. The largest absolute Gasteiger partial charge is 0.455 e. The fourth-order valence-corrected chi connectivity index (χ4v) is 1.21. The van der Waals surface area contributed by atoms with Gasteiger partial charge in [0.05, 0.1) is 0 Å². The molecule has 1 N–H and O–H groups in total. The molecule has 1 aromatic rings. The van der Waals surface area contributed by atoms with Crippen LogP contribution in [0, 0.1) is 0 Å². The summed E-state index contributed by atoms with van der Waals surface area (Å²) in [4.78, 5) is 16.4. The van der Waals surface area contributed by atoms with Crippen molar-refractivity contribution in [3.05, 3.63) is 60.0 Å². The maximum absolute atomic E-state index is 11.5. The first kappa shape index (κ1) is 10.3. The van der Waals surface area contributed by atoms with Crippen molar-refractivity contribution in [2.45, 2.75) is 6.61 Å². The van der Waals surface area contributed by atoms with Gasteiger partial charge in [-0.1, -0.05) is 30.3 Å². The smallest absolute Gasteiger partial charge is 0.377 e. The van der Waals surface area contributed by atoms with Crippen LogP contribution in [0.5, 0.6) is 0 Å². The van der Waals surface area contributed by atoms with Crippen LogP contribution in [0.1, 0.15) is 5.56 Å². The van der Waals surface area contributed by atoms with Crippen molar-refractivity contribution in [3.8, 4) is 0 Å². The summed E-state index contributed by atoms with van der Waals surface area (Å²) in [5.74, 6) is -0.334. The number of hydroxylamine groups is 1. The molecule has 82 valence electrons. The molecule has 0 bridgehead atoms. The fourth-order valence-electron chi connectivity index (χ4n) is 1.21. The van der Waals surface area contributed by atoms with E-state index in [1.54, 1.807) is 18.4 Å². The van der Waals surface area contributed by atoms with Gasteiger partial charge in [0.15, 0.2) is 0 Å². The van der Waals surface area contributed by atoms with Gasteiger partial charge in [0.2, 0.25) is 5.76 Å². The number of ether oxygens (including phenoxy) is 1. The maximum atomic E-state index is 11.5. The minimum Gasteiger partial charge on any atom is -0.455 e. The number of carbonyl (C=O) groups is 1. The van der Waals surface area contributed by atoms with Crippen LogP contribution < -0.4 is 5.48 Å². The first-order chi connectivity index (χ1) is 7.86. The quantitative estimate of drug-likeness (QED) is 0.782. The second-order valence-corrected chi connectivity index (χ2v) is 3.17. The Kier molecular flexibility index (Phi) is 3.23. The van der Waals surface area contributed by atoms with E-state index in [2.05, 4.69) is 5.48 Å². The average Bonchev–Trinajstić information content (AvgIpc) is 2.38. The van der Waals surface area contributed by atoms with Gasteiger partial charge >= 0.3 is 5.97 Å². The molecule has 0 saturated carbocycles. The second kappa shape index (κ2) is 5.02. The Labute approximate surface area is 93.1 Å². The van der Waals surface area contributed by atoms with E-state index < -0.39 is 5.97 Å². The number of esters is 1. The van der Waals surface area contributed by atoms with Gasteiger partial charge in [0.25, 0.3) is 0 Å². The number of benzene rings is 1. The molecular formula is C12H11NO3. The van der Waals surface area contributed by atoms with Gasteiger partial charge in [-0.25, -0.2) is 10.3 Å². The summed E-state index contributed by atoms with van der Waals surface area (Å²) in [6.45, 7) is 0.240. The number of carbonyl (C=O) groups excluding carboxylic acids is 1. The zero-order chi connectivity index (χ0) is 11.2. The summed E-state index contributed by atoms with van der Waals surface area (Å²) in [6, 6.07) is 9.48. The summed E-state index contributed by atoms with van der Waals surface area (Å²) in [6.07, 6.45) is 4.79. The summed E-state index contributed by atoms with van der Waals surface area (Å²) < 4.78 is 5.06. The van der Waals surface area contributed by atoms with Gasteiger partial charge in [-0.15, -0.1) is 0 Å². The average molecular weight is 217 g/mol. The highest BCUT2D eigenvalue weighted by molar-refractivity contribution is 5.86. The van der Waals surface area contributed by atoms with Gasteiger partial charge in [0.1, 0.15) is 6.61 Å². The van der Waals surface area contributed by atoms with Crippen molar-refractivity contribution in [1.82, 2.24) is 5.48 Å². The normalized spacial score (nSPS) is 13.4. The Hall–Kier alpha value is -2.23. The molecule has 0 unspecified atom stereocenters. The van der Waals surface area contributed by atoms with Gasteiger partial charge in [0, 0.05) is 6.20 Å². The van der Waals surface area contributed by atoms with Crippen molar-refractivity contribution < 1.29 is 14.4 Å². The first-order valence-electron chi connectivity index (χ1n) is 4.86. The van der Waals surface area contributed by atoms with Crippen LogP contribution in [-0.4, -0.2) is 5.97 Å². The van der Waals surface area contributed by atoms with E-state index in [4.69, 9.17) is 9.57 Å². The molecule has 1 aliphatic rings. The highest BCUT2D eigenvalue weighted by Gasteiger charge is 2.13. The highest BCUT2D eigenvalue weighted by atomic mass is 16.7. The summed E-state index contributed by atoms with van der Waals surface area (Å²) in [5, 5.41) is 0. The van der Waals surface area contributed by atoms with Crippen molar-refractivity contribution >= 4 is 5.97 Å². The predicted molar refractivity (Wildman–Crippen MR) is 57.7 cm³/mol. The first-order valence-corrected chi connectivity index (χ1v) is 4.86. The number of allylic oxidation sites excluding steroid dienone is 2. The number of nitrogens with one attached hydrogen (secondary N) is 1. The minimum atomic E-state index is -0.485. The van der Waals surface area contributed by atoms with Crippen LogP contribution in [0.15, 0.2) is 54.4 Å². The van der Waals surface area contributed by atoms with Gasteiger partial charge in [-0.05, 0) is 17.7 Å². The van der Waals surface area contributed by atoms with E-state index in [1.165, 1.54) is 0 Å². The Morgan fingerprint density at radius 2 is 2.12 bits per heavy atom. The van der Waals surface area contributed by atoms with E-state index in [-0.39, 0.29) is 12.4 Å². The SMILES string of the molecule is O=C(OCc1ccccc1)C1=CC=CNO1. The van der Waals surface area contributed by atoms with Gasteiger partial charge < -0.3 is 9.57 Å². The lowest BCUT2D eigenvalue weighted by molar-refractivity contribution is -0.145. The Morgan fingerprint density at radius 3 is 2.81 bits per heavy atom. The maximum Gasteiger partial charge on any atom is 0.377 e. The molecule has 0 radical (unpaired) electrons. The topological polar surface area (TPSA) is 47.6 Å². The second-order valence-electron chi connectivity index (χ2n) is 3.17. The third-order valence-electron chi connectivity index (χ3n) is 1.99. The highest BCUT2D eigenvalue weighted by Crippen LogP contribution is 2.06. The molecule has 0 spiro atoms. The van der Waals surface area contributed by atoms with Gasteiger partial charge in [-0.3, -0.25) is 0 Å². The Balaban J connectivity index is 1.89. The number of rotatable bonds is 3. The molecule has 16 heavy (non-hydrogen) atoms. The van der Waals surface area contributed by atoms with Crippen LogP contribution in [0.25, 0.3) is 0 Å². The van der Waals surface area contributed by atoms with E-state index in [1.807, 2.05) is 30.3 Å². The monoisotopic (exact) mass is 217 g/mol. The van der Waals surface area contributed by atoms with Crippen LogP contribution in [0.4, 0.5) is 0 Å². The number of hydrogen-bond acceptors (Lipinski definition) is 4. The van der Waals surface area contributed by atoms with E-state index in [0.29, 0.717) is 0 Å². The van der Waals surface area contributed by atoms with Crippen LogP contribution >= 0.6 is 0 Å². The van der Waals surface area contributed by atoms with Crippen molar-refractivity contribution in [3.63, 3.8) is 0 Å². The van der Waals surface area contributed by atoms with Crippen molar-refractivity contribution in [1.29, 1.82) is 0 Å². The molecule has 0 atom stereocenters. The minimum absolute atomic E-state index is 0.151. The fraction of sp³-hybridized carbons (Fsp3) is 0.0833. The third kappa shape index (κ3) is 2.63. The molecule has 1 heterocycles. The van der Waals surface area contributed by atoms with Crippen LogP contribution in [-0.2, 0) is 21.0 Å². The van der Waals surface area contributed by atoms with E-state index in [0.717, 1.165) is 5.56 Å². The lowest BCUT2D eigenvalue weighted by Crippen LogP contribution is -2.18. The lowest BCUT2D eigenvalue weighted by atomic mass is 10.2. The van der Waals surface area contributed by atoms with Crippen LogP contribution in [0.3, 0.4) is 0 Å². The molecule has 0 saturated heterocycles. The molecule has 0 aromatic heterocycles. The number of hydrogen-bond donors (Lipinski definition) is 1. The molecule has 0 aliphatic carbocycles. The van der Waals surface area contributed by atoms with Crippen molar-refractivity contribution in [2.24, 2.45) is 0 Å². The van der Waals surface area contributed by atoms with E-state index in [9.17, 15) is 4.79 Å². The summed E-state index contributed by atoms with van der Waals surface area (Å²) >= 11 is 0. The molecule has 0 fully saturated rings. The standard InChI is InChI=1S/C12H11NO3/c14-12(11-7-4-8-13-16-11)15-9-10-5-2-1-3-6-10/h1-8,13H,9H2. The zero-order valence-corrected chi connectivity index (χ0v) is 8.55. The Morgan fingerprint density at radius 1 is 1.31 bits per heavy atom. The molecule has 1 aromatic carbocycles. The Bertz CT molecular complexity index is 423. The van der Waals surface area contributed by atoms with Crippen molar-refractivity contribution in [2.75, 3.05) is 0 Å². The lowest BCUT2D eigenvalue weighted by Gasteiger charge is -2.10. The van der Waals surface area contributed by atoms with Crippen LogP contribution in [0.2, 0.25) is 0 Å². The summed E-state index contributed by atoms with van der Waals surface area (Å²) in [7, 11) is 0. The van der Waals surface area contributed by atoms with E-state index >= 15 is 0 Å². The molecule has 4 nitrogen and oxygen atoms in total. The van der Waals surface area contributed by atoms with Gasteiger partial charge in [-0.2, -0.15) is 0 Å². The third-order valence-corrected chi connectivity index (χ3v) is 1.99. The predicted octanol–water partition coefficient (Wildman–Crippen LogP) is 1.66. The zero-order valence-electron chi connectivity index (χ0n) is 8.55. The molecular weight excluding hydrogens is 206 g/mol. The molecule has 2 rings (SSSR count).